The van der Waals surface area contributed by atoms with Gasteiger partial charge in [-0.2, -0.15) is 0 Å². The van der Waals surface area contributed by atoms with E-state index in [9.17, 15) is 0 Å². The summed E-state index contributed by atoms with van der Waals surface area (Å²) >= 11 is 6.17. The van der Waals surface area contributed by atoms with Crippen LogP contribution >= 0.6 is 11.6 Å². The highest BCUT2D eigenvalue weighted by Crippen LogP contribution is 2.32. The average Bonchev–Trinajstić information content (AvgIpc) is 2.38. The molecule has 1 fully saturated rings. The number of hydrogen-bond donors (Lipinski definition) is 1. The van der Waals surface area contributed by atoms with Crippen LogP contribution in [0.3, 0.4) is 0 Å². The van der Waals surface area contributed by atoms with Crippen molar-refractivity contribution in [1.29, 1.82) is 0 Å². The Kier molecular flexibility index (Phi) is 3.93. The van der Waals surface area contributed by atoms with Gasteiger partial charge < -0.3 is 15.2 Å². The first-order chi connectivity index (χ1) is 9.22. The van der Waals surface area contributed by atoms with Crippen molar-refractivity contribution in [2.75, 3.05) is 19.9 Å². The summed E-state index contributed by atoms with van der Waals surface area (Å²) in [4.78, 5) is 2.37. The van der Waals surface area contributed by atoms with Crippen molar-refractivity contribution in [2.45, 2.75) is 32.0 Å². The molecule has 1 aromatic rings. The third-order valence-electron chi connectivity index (χ3n) is 3.69. The van der Waals surface area contributed by atoms with Crippen molar-refractivity contribution >= 4 is 11.6 Å². The molecule has 1 aromatic carbocycles. The lowest BCUT2D eigenvalue weighted by Gasteiger charge is -2.31. The van der Waals surface area contributed by atoms with Gasteiger partial charge in [0.15, 0.2) is 6.79 Å². The van der Waals surface area contributed by atoms with E-state index in [0.29, 0.717) is 13.4 Å². The molecule has 19 heavy (non-hydrogen) atoms. The van der Waals surface area contributed by atoms with Crippen LogP contribution in [0, 0.1) is 0 Å². The smallest absolute Gasteiger partial charge is 0.189 e. The predicted octanol–water partition coefficient (Wildman–Crippen LogP) is 2.13. The molecule has 2 heterocycles. The van der Waals surface area contributed by atoms with Crippen molar-refractivity contribution in [3.8, 4) is 5.75 Å². The number of hydrogen-bond acceptors (Lipinski definition) is 4. The molecule has 0 aliphatic carbocycles. The van der Waals surface area contributed by atoms with Gasteiger partial charge in [-0.25, -0.2) is 0 Å². The zero-order valence-electron chi connectivity index (χ0n) is 10.9. The number of rotatable bonds is 2. The molecule has 104 valence electrons. The molecule has 5 heteroatoms. The zero-order valence-corrected chi connectivity index (χ0v) is 11.7. The van der Waals surface area contributed by atoms with E-state index in [2.05, 4.69) is 4.90 Å². The van der Waals surface area contributed by atoms with Gasteiger partial charge in [0.2, 0.25) is 0 Å². The van der Waals surface area contributed by atoms with Crippen LogP contribution in [0.4, 0.5) is 0 Å². The minimum atomic E-state index is 0.285. The van der Waals surface area contributed by atoms with E-state index in [0.717, 1.165) is 54.4 Å². The Morgan fingerprint density at radius 3 is 3.16 bits per heavy atom. The summed E-state index contributed by atoms with van der Waals surface area (Å²) in [6, 6.07) is 4.20. The molecule has 2 N–H and O–H groups in total. The van der Waals surface area contributed by atoms with Gasteiger partial charge in [0.05, 0.1) is 6.61 Å². The van der Waals surface area contributed by atoms with Crippen molar-refractivity contribution in [3.63, 3.8) is 0 Å². The van der Waals surface area contributed by atoms with Crippen LogP contribution in [0.25, 0.3) is 0 Å². The number of benzene rings is 1. The monoisotopic (exact) mass is 282 g/mol. The largest absolute Gasteiger partial charge is 0.467 e. The van der Waals surface area contributed by atoms with Gasteiger partial charge in [0, 0.05) is 35.3 Å². The number of halogens is 1. The summed E-state index contributed by atoms with van der Waals surface area (Å²) in [5.41, 5.74) is 8.20. The summed E-state index contributed by atoms with van der Waals surface area (Å²) in [6.45, 7) is 3.77. The van der Waals surface area contributed by atoms with Gasteiger partial charge in [0.25, 0.3) is 0 Å². The fraction of sp³-hybridized carbons (Fsp3) is 0.571. The van der Waals surface area contributed by atoms with Crippen LogP contribution in [-0.2, 0) is 17.9 Å². The molecule has 0 bridgehead atoms. The Hall–Kier alpha value is -0.810. The third-order valence-corrected chi connectivity index (χ3v) is 3.91. The molecule has 0 amide bonds. The van der Waals surface area contributed by atoms with E-state index in [-0.39, 0.29) is 6.04 Å². The molecular weight excluding hydrogens is 264 g/mol. The van der Waals surface area contributed by atoms with Crippen LogP contribution < -0.4 is 10.5 Å². The number of ether oxygens (including phenoxy) is 2. The van der Waals surface area contributed by atoms with E-state index in [4.69, 9.17) is 26.8 Å². The van der Waals surface area contributed by atoms with Crippen LogP contribution in [-0.4, -0.2) is 30.8 Å². The average molecular weight is 283 g/mol. The fourth-order valence-electron chi connectivity index (χ4n) is 2.85. The lowest BCUT2D eigenvalue weighted by molar-refractivity contribution is -0.0175. The molecule has 1 atom stereocenters. The number of fused-ring (bicyclic) bond motifs is 1. The van der Waals surface area contributed by atoms with Crippen molar-refractivity contribution in [3.05, 3.63) is 28.3 Å². The summed E-state index contributed by atoms with van der Waals surface area (Å²) in [5.74, 6) is 0.940. The van der Waals surface area contributed by atoms with Gasteiger partial charge in [-0.3, -0.25) is 4.90 Å². The normalized spacial score (nSPS) is 23.8. The Labute approximate surface area is 118 Å². The molecular formula is C14H19ClN2O2. The van der Waals surface area contributed by atoms with Crippen molar-refractivity contribution in [1.82, 2.24) is 4.90 Å². The maximum Gasteiger partial charge on any atom is 0.189 e. The first-order valence-electron chi connectivity index (χ1n) is 6.72. The minimum Gasteiger partial charge on any atom is -0.467 e. The molecule has 0 radical (unpaired) electrons. The molecule has 4 nitrogen and oxygen atoms in total. The van der Waals surface area contributed by atoms with Gasteiger partial charge in [-0.15, -0.1) is 0 Å². The number of piperidine rings is 1. The van der Waals surface area contributed by atoms with E-state index >= 15 is 0 Å². The predicted molar refractivity (Wildman–Crippen MR) is 74.2 cm³/mol. The Morgan fingerprint density at radius 1 is 1.42 bits per heavy atom. The number of likely N-dealkylation sites (tertiary alicyclic amines) is 1. The maximum atomic E-state index is 6.17. The Morgan fingerprint density at radius 2 is 2.32 bits per heavy atom. The summed E-state index contributed by atoms with van der Waals surface area (Å²) in [7, 11) is 0. The second kappa shape index (κ2) is 5.67. The molecule has 1 unspecified atom stereocenters. The first kappa shape index (κ1) is 13.2. The summed E-state index contributed by atoms with van der Waals surface area (Å²) < 4.78 is 10.9. The molecule has 2 aliphatic rings. The quantitative estimate of drug-likeness (QED) is 0.903. The van der Waals surface area contributed by atoms with Crippen molar-refractivity contribution in [2.24, 2.45) is 5.73 Å². The summed E-state index contributed by atoms with van der Waals surface area (Å²) in [6.07, 6.45) is 2.28. The first-order valence-corrected chi connectivity index (χ1v) is 7.10. The van der Waals surface area contributed by atoms with Gasteiger partial charge in [-0.1, -0.05) is 11.6 Å². The highest BCUT2D eigenvalue weighted by Gasteiger charge is 2.21. The Balaban J connectivity index is 1.81. The van der Waals surface area contributed by atoms with Gasteiger partial charge in [-0.05, 0) is 31.5 Å². The van der Waals surface area contributed by atoms with E-state index in [1.807, 2.05) is 12.1 Å². The standard InChI is InChI=1S/C14H19ClN2O2/c15-12-4-10(6-17-3-1-2-13(16)7-17)14-11(5-12)8-18-9-19-14/h4-5,13H,1-3,6-9,16H2. The minimum absolute atomic E-state index is 0.285. The van der Waals surface area contributed by atoms with E-state index < -0.39 is 0 Å². The molecule has 1 saturated heterocycles. The van der Waals surface area contributed by atoms with Crippen LogP contribution in [0.15, 0.2) is 12.1 Å². The highest BCUT2D eigenvalue weighted by atomic mass is 35.5. The van der Waals surface area contributed by atoms with E-state index in [1.54, 1.807) is 0 Å². The van der Waals surface area contributed by atoms with Crippen LogP contribution in [0.1, 0.15) is 24.0 Å². The maximum absolute atomic E-state index is 6.17. The molecule has 0 aromatic heterocycles. The third kappa shape index (κ3) is 3.03. The number of nitrogens with two attached hydrogens (primary N) is 1. The topological polar surface area (TPSA) is 47.7 Å². The van der Waals surface area contributed by atoms with Crippen molar-refractivity contribution < 1.29 is 9.47 Å². The number of nitrogens with zero attached hydrogens (tertiary/aromatic N) is 1. The molecule has 2 aliphatic heterocycles. The SMILES string of the molecule is NC1CCCN(Cc2cc(Cl)cc3c2OCOC3)C1. The van der Waals surface area contributed by atoms with E-state index in [1.165, 1.54) is 0 Å². The van der Waals surface area contributed by atoms with Crippen LogP contribution in [0.2, 0.25) is 5.02 Å². The zero-order chi connectivity index (χ0) is 13.2. The van der Waals surface area contributed by atoms with Gasteiger partial charge >= 0.3 is 0 Å². The molecule has 0 spiro atoms. The second-order valence-corrected chi connectivity index (χ2v) is 5.74. The molecule has 0 saturated carbocycles. The van der Waals surface area contributed by atoms with Crippen LogP contribution in [0.5, 0.6) is 5.75 Å². The highest BCUT2D eigenvalue weighted by molar-refractivity contribution is 6.30. The second-order valence-electron chi connectivity index (χ2n) is 5.30. The summed E-state index contributed by atoms with van der Waals surface area (Å²) in [5, 5.41) is 0.740. The molecule has 3 rings (SSSR count). The fourth-order valence-corrected chi connectivity index (χ4v) is 3.11. The lowest BCUT2D eigenvalue weighted by atomic mass is 10.0. The lowest BCUT2D eigenvalue weighted by Crippen LogP contribution is -2.42. The van der Waals surface area contributed by atoms with Gasteiger partial charge in [0.1, 0.15) is 5.75 Å². The Bertz CT molecular complexity index is 467.